The van der Waals surface area contributed by atoms with Crippen LogP contribution in [0, 0.1) is 5.82 Å². The highest BCUT2D eigenvalue weighted by Gasteiger charge is 2.11. The van der Waals surface area contributed by atoms with Gasteiger partial charge in [-0.15, -0.1) is 0 Å². The van der Waals surface area contributed by atoms with Crippen molar-refractivity contribution >= 4 is 15.9 Å². The molecule has 0 amide bonds. The SMILES string of the molecule is CC(CNC(C)(C)C)NCc1cccc(Br)c1F. The summed E-state index contributed by atoms with van der Waals surface area (Å²) in [5.41, 5.74) is 0.795. The second-order valence-electron chi connectivity index (χ2n) is 5.63. The third-order valence-electron chi connectivity index (χ3n) is 2.61. The maximum absolute atomic E-state index is 13.7. The maximum atomic E-state index is 13.7. The molecule has 1 aromatic rings. The summed E-state index contributed by atoms with van der Waals surface area (Å²) in [4.78, 5) is 0. The maximum Gasteiger partial charge on any atom is 0.141 e. The van der Waals surface area contributed by atoms with Crippen LogP contribution in [0.25, 0.3) is 0 Å². The quantitative estimate of drug-likeness (QED) is 0.869. The summed E-state index contributed by atoms with van der Waals surface area (Å²) >= 11 is 3.19. The summed E-state index contributed by atoms with van der Waals surface area (Å²) < 4.78 is 14.2. The van der Waals surface area contributed by atoms with Crippen LogP contribution in [-0.2, 0) is 6.54 Å². The van der Waals surface area contributed by atoms with Gasteiger partial charge in [-0.2, -0.15) is 0 Å². The first-order chi connectivity index (χ1) is 8.29. The Hall–Kier alpha value is -0.450. The van der Waals surface area contributed by atoms with Gasteiger partial charge in [0.25, 0.3) is 0 Å². The second-order valence-corrected chi connectivity index (χ2v) is 6.48. The molecule has 1 unspecified atom stereocenters. The van der Waals surface area contributed by atoms with E-state index in [9.17, 15) is 4.39 Å². The number of nitrogens with one attached hydrogen (secondary N) is 2. The van der Waals surface area contributed by atoms with Crippen LogP contribution in [0.15, 0.2) is 22.7 Å². The molecule has 0 aliphatic rings. The highest BCUT2D eigenvalue weighted by Crippen LogP contribution is 2.18. The Morgan fingerprint density at radius 3 is 2.61 bits per heavy atom. The number of hydrogen-bond donors (Lipinski definition) is 2. The first kappa shape index (κ1) is 15.6. The van der Waals surface area contributed by atoms with Gasteiger partial charge in [0.05, 0.1) is 4.47 Å². The lowest BCUT2D eigenvalue weighted by Crippen LogP contribution is -2.44. The van der Waals surface area contributed by atoms with Crippen molar-refractivity contribution < 1.29 is 4.39 Å². The third kappa shape index (κ3) is 5.46. The van der Waals surface area contributed by atoms with Gasteiger partial charge in [-0.05, 0) is 49.7 Å². The summed E-state index contributed by atoms with van der Waals surface area (Å²) in [6, 6.07) is 5.66. The van der Waals surface area contributed by atoms with Crippen molar-refractivity contribution in [3.8, 4) is 0 Å². The minimum absolute atomic E-state index is 0.108. The number of rotatable bonds is 5. The molecule has 0 radical (unpaired) electrons. The van der Waals surface area contributed by atoms with E-state index >= 15 is 0 Å². The molecule has 4 heteroatoms. The minimum Gasteiger partial charge on any atom is -0.311 e. The van der Waals surface area contributed by atoms with Crippen molar-refractivity contribution in [3.05, 3.63) is 34.1 Å². The fourth-order valence-corrected chi connectivity index (χ4v) is 1.91. The van der Waals surface area contributed by atoms with E-state index in [0.717, 1.165) is 6.54 Å². The van der Waals surface area contributed by atoms with Gasteiger partial charge in [0.2, 0.25) is 0 Å². The van der Waals surface area contributed by atoms with Gasteiger partial charge in [0, 0.05) is 30.2 Å². The summed E-state index contributed by atoms with van der Waals surface area (Å²) in [6.07, 6.45) is 0. The van der Waals surface area contributed by atoms with Crippen LogP contribution in [0.5, 0.6) is 0 Å². The fourth-order valence-electron chi connectivity index (χ4n) is 1.50. The summed E-state index contributed by atoms with van der Waals surface area (Å²) in [6.45, 7) is 9.89. The lowest BCUT2D eigenvalue weighted by Gasteiger charge is -2.24. The predicted molar refractivity (Wildman–Crippen MR) is 78.2 cm³/mol. The van der Waals surface area contributed by atoms with Crippen LogP contribution in [0.2, 0.25) is 0 Å². The van der Waals surface area contributed by atoms with Crippen LogP contribution in [0.3, 0.4) is 0 Å². The molecule has 0 bridgehead atoms. The molecule has 0 spiro atoms. The van der Waals surface area contributed by atoms with Crippen molar-refractivity contribution in [2.24, 2.45) is 0 Å². The molecule has 1 aromatic carbocycles. The van der Waals surface area contributed by atoms with E-state index in [1.54, 1.807) is 12.1 Å². The Balaban J connectivity index is 2.43. The Morgan fingerprint density at radius 1 is 1.33 bits per heavy atom. The average molecular weight is 317 g/mol. The molecule has 0 aliphatic heterocycles. The van der Waals surface area contributed by atoms with Gasteiger partial charge in [-0.3, -0.25) is 0 Å². The molecule has 2 N–H and O–H groups in total. The highest BCUT2D eigenvalue weighted by atomic mass is 79.9. The van der Waals surface area contributed by atoms with Gasteiger partial charge in [-0.25, -0.2) is 4.39 Å². The normalized spacial score (nSPS) is 13.7. The van der Waals surface area contributed by atoms with Crippen molar-refractivity contribution in [2.75, 3.05) is 6.54 Å². The number of hydrogen-bond acceptors (Lipinski definition) is 2. The first-order valence-corrected chi connectivity index (χ1v) is 7.00. The fraction of sp³-hybridized carbons (Fsp3) is 0.571. The molecule has 1 rings (SSSR count). The molecule has 0 fully saturated rings. The largest absolute Gasteiger partial charge is 0.311 e. The third-order valence-corrected chi connectivity index (χ3v) is 3.22. The molecule has 2 nitrogen and oxygen atoms in total. The predicted octanol–water partition coefficient (Wildman–Crippen LogP) is 3.45. The molecule has 0 aliphatic carbocycles. The Bertz CT molecular complexity index is 388. The van der Waals surface area contributed by atoms with Crippen LogP contribution in [-0.4, -0.2) is 18.1 Å². The molecular weight excluding hydrogens is 295 g/mol. The van der Waals surface area contributed by atoms with Gasteiger partial charge in [0.15, 0.2) is 0 Å². The van der Waals surface area contributed by atoms with Crippen molar-refractivity contribution in [2.45, 2.75) is 45.8 Å². The zero-order valence-electron chi connectivity index (χ0n) is 11.5. The van der Waals surface area contributed by atoms with Gasteiger partial charge in [0.1, 0.15) is 5.82 Å². The van der Waals surface area contributed by atoms with E-state index in [4.69, 9.17) is 0 Å². The van der Waals surface area contributed by atoms with E-state index in [1.807, 2.05) is 6.07 Å². The van der Waals surface area contributed by atoms with Gasteiger partial charge < -0.3 is 10.6 Å². The second kappa shape index (κ2) is 6.64. The Morgan fingerprint density at radius 2 is 2.00 bits per heavy atom. The number of halogens is 2. The zero-order chi connectivity index (χ0) is 13.8. The van der Waals surface area contributed by atoms with Gasteiger partial charge >= 0.3 is 0 Å². The van der Waals surface area contributed by atoms with Crippen molar-refractivity contribution in [1.82, 2.24) is 10.6 Å². The average Bonchev–Trinajstić information content (AvgIpc) is 2.27. The smallest absolute Gasteiger partial charge is 0.141 e. The van der Waals surface area contributed by atoms with Crippen LogP contribution in [0.4, 0.5) is 4.39 Å². The van der Waals surface area contributed by atoms with Crippen LogP contribution in [0.1, 0.15) is 33.3 Å². The molecule has 1 atom stereocenters. The molecule has 18 heavy (non-hydrogen) atoms. The molecule has 102 valence electrons. The summed E-state index contributed by atoms with van der Waals surface area (Å²) in [5.74, 6) is -0.180. The van der Waals surface area contributed by atoms with E-state index < -0.39 is 0 Å². The van der Waals surface area contributed by atoms with Crippen molar-refractivity contribution in [3.63, 3.8) is 0 Å². The van der Waals surface area contributed by atoms with Crippen molar-refractivity contribution in [1.29, 1.82) is 0 Å². The van der Waals surface area contributed by atoms with Gasteiger partial charge in [-0.1, -0.05) is 12.1 Å². The Kier molecular flexibility index (Phi) is 5.76. The molecular formula is C14H22BrFN2. The minimum atomic E-state index is -0.180. The van der Waals surface area contributed by atoms with Crippen LogP contribution >= 0.6 is 15.9 Å². The Labute approximate surface area is 117 Å². The monoisotopic (exact) mass is 316 g/mol. The van der Waals surface area contributed by atoms with E-state index in [0.29, 0.717) is 22.6 Å². The molecule has 0 heterocycles. The van der Waals surface area contributed by atoms with E-state index in [1.165, 1.54) is 0 Å². The topological polar surface area (TPSA) is 24.1 Å². The first-order valence-electron chi connectivity index (χ1n) is 6.21. The van der Waals surface area contributed by atoms with E-state index in [-0.39, 0.29) is 11.4 Å². The lowest BCUT2D eigenvalue weighted by atomic mass is 10.1. The summed E-state index contributed by atoms with van der Waals surface area (Å²) in [5, 5.41) is 6.73. The molecule has 0 aromatic heterocycles. The molecule has 0 saturated carbocycles. The standard InChI is InChI=1S/C14H22BrFN2/c1-10(8-18-14(2,3)4)17-9-11-6-5-7-12(15)13(11)16/h5-7,10,17-18H,8-9H2,1-4H3. The number of benzene rings is 1. The van der Waals surface area contributed by atoms with E-state index in [2.05, 4.69) is 54.3 Å². The molecule has 0 saturated heterocycles. The zero-order valence-corrected chi connectivity index (χ0v) is 13.1. The highest BCUT2D eigenvalue weighted by molar-refractivity contribution is 9.10. The lowest BCUT2D eigenvalue weighted by molar-refractivity contribution is 0.386. The summed E-state index contributed by atoms with van der Waals surface area (Å²) in [7, 11) is 0. The van der Waals surface area contributed by atoms with Crippen LogP contribution < -0.4 is 10.6 Å².